The zero-order chi connectivity index (χ0) is 34.1. The highest BCUT2D eigenvalue weighted by Crippen LogP contribution is 2.11. The van der Waals surface area contributed by atoms with Crippen molar-refractivity contribution in [1.82, 2.24) is 10.2 Å². The Hall–Kier alpha value is -3.81. The van der Waals surface area contributed by atoms with Crippen molar-refractivity contribution in [1.29, 1.82) is 0 Å². The highest BCUT2D eigenvalue weighted by molar-refractivity contribution is 5.58. The molecule has 1 aromatic carbocycles. The normalized spacial score (nSPS) is 11.8. The Morgan fingerprint density at radius 3 is 1.71 bits per heavy atom. The lowest BCUT2D eigenvalue weighted by molar-refractivity contribution is -0.113. The summed E-state index contributed by atoms with van der Waals surface area (Å²) in [5, 5.41) is 11.0. The van der Waals surface area contributed by atoms with Crippen LogP contribution in [0.1, 0.15) is 80.2 Å². The number of carbonyl (C=O) groups is 3. The van der Waals surface area contributed by atoms with Gasteiger partial charge in [-0.25, -0.2) is 0 Å². The molecule has 1 saturated heterocycles. The molecule has 1 heterocycles. The second-order valence-corrected chi connectivity index (χ2v) is 6.87. The standard InChI is InChI=1S/C8H10O.C7H12O.C6H11NO.C3H5NO2.3C2H6.2C2H2/c1-7-3-5-8(9-2)6-4-7;1-4-7(8)5-6(2)3;1-7-4-2-3-6(7)5-8;5-2-1-4-3-6;5*1-2/h3-6H,1-2H3;5,8H,2,4H2,1,3H3;5-6H,2-4H2,1H3;2-3H,1H2,(H,4,6);3*1-2H3;2*1-2H/b;7-5+;;;;;;;/t;;6-;;;;;;/m..0....../s1. The van der Waals surface area contributed by atoms with Crippen LogP contribution >= 0.6 is 0 Å². The summed E-state index contributed by atoms with van der Waals surface area (Å²) in [6.07, 6.45) is 22.7. The van der Waals surface area contributed by atoms with Crippen LogP contribution in [0.15, 0.2) is 48.3 Å². The number of nitrogens with one attached hydrogen (secondary N) is 1. The molecular weight excluding hydrogens is 516 g/mol. The molecule has 7 heteroatoms. The van der Waals surface area contributed by atoms with Gasteiger partial charge in [-0.05, 0) is 58.5 Å². The number of benzene rings is 1. The molecule has 0 aliphatic carbocycles. The van der Waals surface area contributed by atoms with Gasteiger partial charge in [0.15, 0.2) is 0 Å². The number of aliphatic hydroxyl groups excluding tert-OH is 1. The molecular formula is C34H60N2O5. The first-order valence-electron chi connectivity index (χ1n) is 13.8. The van der Waals surface area contributed by atoms with E-state index in [1.807, 2.05) is 86.7 Å². The molecule has 0 spiro atoms. The summed E-state index contributed by atoms with van der Waals surface area (Å²) in [5.41, 5.74) is 2.15. The van der Waals surface area contributed by atoms with Crippen LogP contribution in [0.4, 0.5) is 0 Å². The van der Waals surface area contributed by atoms with Crippen LogP contribution in [0.2, 0.25) is 0 Å². The Morgan fingerprint density at radius 2 is 1.51 bits per heavy atom. The predicted molar refractivity (Wildman–Crippen MR) is 179 cm³/mol. The first-order valence-corrected chi connectivity index (χ1v) is 13.8. The summed E-state index contributed by atoms with van der Waals surface area (Å²) in [6, 6.07) is 8.18. The Bertz CT molecular complexity index is 724. The van der Waals surface area contributed by atoms with Crippen molar-refractivity contribution in [2.24, 2.45) is 0 Å². The van der Waals surface area contributed by atoms with Crippen LogP contribution in [0.3, 0.4) is 0 Å². The monoisotopic (exact) mass is 576 g/mol. The number of ether oxygens (including phenoxy) is 1. The second kappa shape index (κ2) is 52.6. The van der Waals surface area contributed by atoms with Gasteiger partial charge in [-0.15, -0.1) is 25.7 Å². The number of aliphatic hydroxyl groups is 1. The van der Waals surface area contributed by atoms with Gasteiger partial charge in [0.25, 0.3) is 0 Å². The van der Waals surface area contributed by atoms with Crippen molar-refractivity contribution in [3.8, 4) is 31.4 Å². The maximum absolute atomic E-state index is 10.2. The average molecular weight is 577 g/mol. The number of likely N-dealkylation sites (N-methyl/N-ethyl adjacent to an activating group) is 1. The predicted octanol–water partition coefficient (Wildman–Crippen LogP) is 7.21. The minimum absolute atomic E-state index is 0.115. The third kappa shape index (κ3) is 49.6. The van der Waals surface area contributed by atoms with Gasteiger partial charge in [-0.2, -0.15) is 0 Å². The molecule has 1 aromatic rings. The smallest absolute Gasteiger partial charge is 0.207 e. The Morgan fingerprint density at radius 1 is 1.05 bits per heavy atom. The van der Waals surface area contributed by atoms with Crippen LogP contribution in [0, 0.1) is 32.6 Å². The molecule has 7 nitrogen and oxygen atoms in total. The lowest BCUT2D eigenvalue weighted by atomic mass is 10.2. The number of amides is 1. The Kier molecular flexibility index (Phi) is 68.6. The van der Waals surface area contributed by atoms with Crippen molar-refractivity contribution in [2.45, 2.75) is 87.6 Å². The summed E-state index contributed by atoms with van der Waals surface area (Å²) in [6.45, 7) is 22.6. The van der Waals surface area contributed by atoms with Crippen molar-refractivity contribution >= 4 is 19.0 Å². The van der Waals surface area contributed by atoms with Crippen LogP contribution < -0.4 is 10.1 Å². The quantitative estimate of drug-likeness (QED) is 0.117. The van der Waals surface area contributed by atoms with E-state index in [0.717, 1.165) is 30.6 Å². The van der Waals surface area contributed by atoms with Gasteiger partial charge in [0.2, 0.25) is 6.41 Å². The molecule has 0 unspecified atom stereocenters. The molecule has 1 aliphatic rings. The first kappa shape index (κ1) is 53.4. The van der Waals surface area contributed by atoms with Gasteiger partial charge < -0.3 is 24.7 Å². The molecule has 2 rings (SSSR count). The van der Waals surface area contributed by atoms with Gasteiger partial charge in [0, 0.05) is 6.42 Å². The molecule has 0 radical (unpaired) electrons. The van der Waals surface area contributed by atoms with E-state index in [9.17, 15) is 14.4 Å². The van der Waals surface area contributed by atoms with Crippen LogP contribution in [-0.4, -0.2) is 62.3 Å². The van der Waals surface area contributed by atoms with E-state index in [4.69, 9.17) is 9.84 Å². The van der Waals surface area contributed by atoms with Gasteiger partial charge in [-0.3, -0.25) is 9.69 Å². The van der Waals surface area contributed by atoms with E-state index < -0.39 is 0 Å². The number of hydrogen-bond acceptors (Lipinski definition) is 6. The first-order chi connectivity index (χ1) is 19.7. The number of likely N-dealkylation sites (tertiary alicyclic amines) is 1. The molecule has 1 aliphatic heterocycles. The molecule has 1 fully saturated rings. The van der Waals surface area contributed by atoms with Gasteiger partial charge in [0.05, 0.1) is 25.5 Å². The summed E-state index contributed by atoms with van der Waals surface area (Å²) in [4.78, 5) is 30.9. The number of methoxy groups -OCH3 is 1. The zero-order valence-corrected chi connectivity index (χ0v) is 27.8. The molecule has 2 N–H and O–H groups in total. The van der Waals surface area contributed by atoms with E-state index in [1.165, 1.54) is 12.0 Å². The number of terminal acetylenes is 2. The lowest BCUT2D eigenvalue weighted by Crippen LogP contribution is -2.25. The fourth-order valence-corrected chi connectivity index (χ4v) is 2.27. The Balaban J connectivity index is -0.0000000685. The van der Waals surface area contributed by atoms with E-state index >= 15 is 0 Å². The fraction of sp³-hybridized carbons (Fsp3) is 0.500. The maximum atomic E-state index is 10.2. The van der Waals surface area contributed by atoms with Gasteiger partial charge in [0.1, 0.15) is 18.3 Å². The molecule has 0 aromatic heterocycles. The second-order valence-electron chi connectivity index (χ2n) is 6.87. The number of allylic oxidation sites excluding steroid dienone is 3. The molecule has 0 bridgehead atoms. The van der Waals surface area contributed by atoms with E-state index in [-0.39, 0.29) is 12.6 Å². The molecule has 236 valence electrons. The van der Waals surface area contributed by atoms with Crippen molar-refractivity contribution in [3.05, 3.63) is 53.8 Å². The molecule has 41 heavy (non-hydrogen) atoms. The van der Waals surface area contributed by atoms with Crippen LogP contribution in [0.5, 0.6) is 5.75 Å². The SMILES string of the molecule is C#C.C#C.C=C(C)/C=C(/O)CC.CC.CC.CC.CN1CCC[C@H]1C=O.COc1ccc(C)cc1.O=CCNC=O. The van der Waals surface area contributed by atoms with E-state index in [0.29, 0.717) is 24.9 Å². The fourth-order valence-electron chi connectivity index (χ4n) is 2.27. The lowest BCUT2D eigenvalue weighted by Gasteiger charge is -2.10. The summed E-state index contributed by atoms with van der Waals surface area (Å²) < 4.78 is 4.97. The van der Waals surface area contributed by atoms with Crippen molar-refractivity contribution in [2.75, 3.05) is 27.2 Å². The molecule has 1 amide bonds. The van der Waals surface area contributed by atoms with E-state index in [1.54, 1.807) is 13.2 Å². The highest BCUT2D eigenvalue weighted by Gasteiger charge is 2.18. The van der Waals surface area contributed by atoms with Gasteiger partial charge >= 0.3 is 0 Å². The minimum atomic E-state index is 0.115. The summed E-state index contributed by atoms with van der Waals surface area (Å²) in [5.74, 6) is 1.32. The summed E-state index contributed by atoms with van der Waals surface area (Å²) in [7, 11) is 3.66. The number of aryl methyl sites for hydroxylation is 1. The van der Waals surface area contributed by atoms with Crippen molar-refractivity contribution < 1.29 is 24.2 Å². The number of aldehydes is 2. The van der Waals surface area contributed by atoms with Crippen molar-refractivity contribution in [3.63, 3.8) is 0 Å². The maximum Gasteiger partial charge on any atom is 0.207 e. The Labute approximate surface area is 253 Å². The topological polar surface area (TPSA) is 95.9 Å². The van der Waals surface area contributed by atoms with Gasteiger partial charge in [-0.1, -0.05) is 78.3 Å². The zero-order valence-electron chi connectivity index (χ0n) is 27.8. The average Bonchev–Trinajstić information content (AvgIpc) is 3.46. The van der Waals surface area contributed by atoms with E-state index in [2.05, 4.69) is 49.4 Å². The third-order valence-electron chi connectivity index (χ3n) is 4.05. The van der Waals surface area contributed by atoms with Crippen LogP contribution in [0.25, 0.3) is 0 Å². The number of nitrogens with zero attached hydrogens (tertiary/aromatic N) is 1. The molecule has 1 atom stereocenters. The largest absolute Gasteiger partial charge is 0.512 e. The number of carbonyl (C=O) groups excluding carboxylic acids is 3. The number of rotatable bonds is 7. The third-order valence-corrected chi connectivity index (χ3v) is 4.05. The minimum Gasteiger partial charge on any atom is -0.512 e. The summed E-state index contributed by atoms with van der Waals surface area (Å²) >= 11 is 0. The highest BCUT2D eigenvalue weighted by atomic mass is 16.5. The molecule has 0 saturated carbocycles. The number of hydrogen-bond donors (Lipinski definition) is 2. The van der Waals surface area contributed by atoms with Crippen LogP contribution in [-0.2, 0) is 14.4 Å².